The molecule has 34 heavy (non-hydrogen) atoms. The molecule has 2 aliphatic rings. The van der Waals surface area contributed by atoms with Crippen LogP contribution in [0.2, 0.25) is 0 Å². The van der Waals surface area contributed by atoms with Crippen molar-refractivity contribution in [2.24, 2.45) is 0 Å². The molecule has 3 aromatic rings. The monoisotopic (exact) mass is 464 g/mol. The molecule has 0 saturated carbocycles. The number of rotatable bonds is 4. The van der Waals surface area contributed by atoms with E-state index in [0.29, 0.717) is 30.5 Å². The molecule has 0 aliphatic carbocycles. The molecule has 10 nitrogen and oxygen atoms in total. The number of nitrogens with zero attached hydrogens (tertiary/aromatic N) is 6. The first kappa shape index (κ1) is 22.5. The van der Waals surface area contributed by atoms with Crippen LogP contribution in [0.5, 0.6) is 0 Å². The molecule has 2 N–H and O–H groups in total. The second-order valence-corrected chi connectivity index (χ2v) is 9.02. The zero-order chi connectivity index (χ0) is 23.5. The van der Waals surface area contributed by atoms with Crippen molar-refractivity contribution < 1.29 is 9.53 Å². The number of methoxy groups -OCH3 is 1. The summed E-state index contributed by atoms with van der Waals surface area (Å²) in [6, 6.07) is 5.89. The number of pyridine rings is 1. The second-order valence-electron chi connectivity index (χ2n) is 9.02. The summed E-state index contributed by atoms with van der Waals surface area (Å²) in [4.78, 5) is 31.2. The van der Waals surface area contributed by atoms with E-state index >= 15 is 0 Å². The number of fused-ring (bicyclic) bond motifs is 3. The largest absolute Gasteiger partial charge is 0.381 e. The van der Waals surface area contributed by atoms with Gasteiger partial charge in [0, 0.05) is 58.0 Å². The van der Waals surface area contributed by atoms with Crippen LogP contribution >= 0.6 is 0 Å². The van der Waals surface area contributed by atoms with Crippen LogP contribution < -0.4 is 15.5 Å². The first-order valence-electron chi connectivity index (χ1n) is 11.9. The second kappa shape index (κ2) is 9.94. The lowest BCUT2D eigenvalue weighted by Gasteiger charge is -2.33. The summed E-state index contributed by atoms with van der Waals surface area (Å²) in [6.07, 6.45) is 6.44. The molecular weight excluding hydrogens is 432 g/mol. The highest BCUT2D eigenvalue weighted by molar-refractivity contribution is 5.98. The number of likely N-dealkylation sites (N-methyl/N-ethyl adjacent to an activating group) is 1. The number of nitrogens with one attached hydrogen (secondary N) is 2. The molecule has 3 aromatic heterocycles. The maximum absolute atomic E-state index is 12.8. The molecular formula is C24H32N8O2. The van der Waals surface area contributed by atoms with Crippen molar-refractivity contribution in [1.82, 2.24) is 29.7 Å². The van der Waals surface area contributed by atoms with Gasteiger partial charge in [0.25, 0.3) is 5.91 Å². The van der Waals surface area contributed by atoms with Crippen molar-refractivity contribution in [3.63, 3.8) is 0 Å². The summed E-state index contributed by atoms with van der Waals surface area (Å²) < 4.78 is 7.60. The van der Waals surface area contributed by atoms with Crippen molar-refractivity contribution in [2.75, 3.05) is 57.1 Å². The van der Waals surface area contributed by atoms with Crippen molar-refractivity contribution in [3.05, 3.63) is 36.3 Å². The van der Waals surface area contributed by atoms with E-state index in [-0.39, 0.29) is 12.0 Å². The summed E-state index contributed by atoms with van der Waals surface area (Å²) in [7, 11) is 3.89. The van der Waals surface area contributed by atoms with E-state index in [4.69, 9.17) is 9.72 Å². The third kappa shape index (κ3) is 4.83. The average molecular weight is 465 g/mol. The fraction of sp³-hybridized carbons (Fsp3) is 0.500. The van der Waals surface area contributed by atoms with Gasteiger partial charge in [0.1, 0.15) is 17.2 Å². The summed E-state index contributed by atoms with van der Waals surface area (Å²) in [5.41, 5.74) is 2.45. The first-order chi connectivity index (χ1) is 16.6. The SMILES string of the molecule is COC1CCCNC(=O)c2cc3cnc(Nc4ccc(N5CCN(C)CC5)cn4)nc3n2CC1. The Morgan fingerprint density at radius 3 is 2.71 bits per heavy atom. The van der Waals surface area contributed by atoms with Gasteiger partial charge in [-0.05, 0) is 44.5 Å². The lowest BCUT2D eigenvalue weighted by Crippen LogP contribution is -2.44. The van der Waals surface area contributed by atoms with Gasteiger partial charge >= 0.3 is 0 Å². The first-order valence-corrected chi connectivity index (χ1v) is 11.9. The van der Waals surface area contributed by atoms with E-state index in [2.05, 4.69) is 43.5 Å². The molecule has 2 aliphatic heterocycles. The van der Waals surface area contributed by atoms with Crippen LogP contribution in [0.25, 0.3) is 11.0 Å². The Balaban J connectivity index is 1.37. The molecule has 5 heterocycles. The van der Waals surface area contributed by atoms with Crippen LogP contribution in [0.1, 0.15) is 29.8 Å². The Kier molecular flexibility index (Phi) is 6.59. The predicted molar refractivity (Wildman–Crippen MR) is 132 cm³/mol. The maximum Gasteiger partial charge on any atom is 0.267 e. The third-order valence-corrected chi connectivity index (χ3v) is 6.72. The van der Waals surface area contributed by atoms with Gasteiger partial charge in [-0.3, -0.25) is 4.79 Å². The quantitative estimate of drug-likeness (QED) is 0.607. The van der Waals surface area contributed by atoms with Gasteiger partial charge in [-0.1, -0.05) is 0 Å². The van der Waals surface area contributed by atoms with Crippen molar-refractivity contribution in [2.45, 2.75) is 31.9 Å². The number of carbonyl (C=O) groups excluding carboxylic acids is 1. The minimum Gasteiger partial charge on any atom is -0.381 e. The van der Waals surface area contributed by atoms with Crippen molar-refractivity contribution in [3.8, 4) is 0 Å². The predicted octanol–water partition coefficient (Wildman–Crippen LogP) is 2.25. The normalized spacial score (nSPS) is 20.1. The molecule has 180 valence electrons. The Hall–Kier alpha value is -3.24. The van der Waals surface area contributed by atoms with Crippen LogP contribution in [0.3, 0.4) is 0 Å². The van der Waals surface area contributed by atoms with Crippen molar-refractivity contribution >= 4 is 34.4 Å². The third-order valence-electron chi connectivity index (χ3n) is 6.72. The number of carbonyl (C=O) groups is 1. The number of amides is 1. The number of aryl methyl sites for hydroxylation is 1. The van der Waals surface area contributed by atoms with Crippen LogP contribution in [-0.4, -0.2) is 83.3 Å². The van der Waals surface area contributed by atoms with Crippen molar-refractivity contribution in [1.29, 1.82) is 0 Å². The number of ether oxygens (including phenoxy) is 1. The lowest BCUT2D eigenvalue weighted by atomic mass is 10.1. The molecule has 1 unspecified atom stereocenters. The summed E-state index contributed by atoms with van der Waals surface area (Å²) >= 11 is 0. The maximum atomic E-state index is 12.8. The molecule has 0 bridgehead atoms. The van der Waals surface area contributed by atoms with Crippen LogP contribution in [0, 0.1) is 0 Å². The zero-order valence-electron chi connectivity index (χ0n) is 19.8. The fourth-order valence-electron chi connectivity index (χ4n) is 4.62. The van der Waals surface area contributed by atoms with Gasteiger partial charge in [0.05, 0.1) is 18.0 Å². The number of anilines is 3. The number of hydrogen-bond acceptors (Lipinski definition) is 8. The van der Waals surface area contributed by atoms with E-state index < -0.39 is 0 Å². The van der Waals surface area contributed by atoms with E-state index in [1.54, 1.807) is 13.3 Å². The molecule has 1 saturated heterocycles. The molecule has 10 heteroatoms. The van der Waals surface area contributed by atoms with Gasteiger partial charge in [-0.15, -0.1) is 0 Å². The Morgan fingerprint density at radius 2 is 1.94 bits per heavy atom. The van der Waals surface area contributed by atoms with E-state index in [9.17, 15) is 4.79 Å². The fourth-order valence-corrected chi connectivity index (χ4v) is 4.62. The van der Waals surface area contributed by atoms with E-state index in [0.717, 1.165) is 62.2 Å². The molecule has 0 spiro atoms. The molecule has 5 rings (SSSR count). The standard InChI is InChI=1S/C24H32N8O2/c1-30-10-12-31(13-11-30)18-5-6-21(26-16-18)28-24-27-15-17-14-20-23(33)25-8-3-4-19(34-2)7-9-32(20)22(17)29-24/h5-6,14-16,19H,3-4,7-13H2,1-2H3,(H,25,33)(H,26,27,28,29). The van der Waals surface area contributed by atoms with Crippen LogP contribution in [-0.2, 0) is 11.3 Å². The van der Waals surface area contributed by atoms with Gasteiger partial charge in [0.2, 0.25) is 5.95 Å². The Morgan fingerprint density at radius 1 is 1.09 bits per heavy atom. The molecule has 0 radical (unpaired) electrons. The lowest BCUT2D eigenvalue weighted by molar-refractivity contribution is 0.0784. The van der Waals surface area contributed by atoms with Gasteiger partial charge in [-0.25, -0.2) is 9.97 Å². The highest BCUT2D eigenvalue weighted by Crippen LogP contribution is 2.23. The van der Waals surface area contributed by atoms with Gasteiger partial charge in [0.15, 0.2) is 0 Å². The van der Waals surface area contributed by atoms with E-state index in [1.807, 2.05) is 22.9 Å². The van der Waals surface area contributed by atoms with Crippen LogP contribution in [0.15, 0.2) is 30.6 Å². The number of hydrogen-bond donors (Lipinski definition) is 2. The Labute approximate surface area is 199 Å². The topological polar surface area (TPSA) is 100 Å². The summed E-state index contributed by atoms with van der Waals surface area (Å²) in [5, 5.41) is 7.06. The zero-order valence-corrected chi connectivity index (χ0v) is 19.8. The van der Waals surface area contributed by atoms with Gasteiger partial charge < -0.3 is 29.7 Å². The summed E-state index contributed by atoms with van der Waals surface area (Å²) in [5.74, 6) is 1.06. The number of aromatic nitrogens is 4. The number of piperazine rings is 1. The Bertz CT molecular complexity index is 1140. The summed E-state index contributed by atoms with van der Waals surface area (Å²) in [6.45, 7) is 5.40. The molecule has 1 atom stereocenters. The van der Waals surface area contributed by atoms with Gasteiger partial charge in [-0.2, -0.15) is 4.98 Å². The highest BCUT2D eigenvalue weighted by atomic mass is 16.5. The highest BCUT2D eigenvalue weighted by Gasteiger charge is 2.20. The smallest absolute Gasteiger partial charge is 0.267 e. The minimum absolute atomic E-state index is 0.0791. The molecule has 1 amide bonds. The minimum atomic E-state index is -0.0791. The van der Waals surface area contributed by atoms with E-state index in [1.165, 1.54) is 0 Å². The molecule has 0 aromatic carbocycles. The molecule has 1 fully saturated rings. The van der Waals surface area contributed by atoms with Crippen LogP contribution in [0.4, 0.5) is 17.5 Å². The average Bonchev–Trinajstić information content (AvgIpc) is 3.22.